The van der Waals surface area contributed by atoms with Gasteiger partial charge in [-0.25, -0.2) is 0 Å². The molecule has 0 aromatic rings. The molecule has 1 unspecified atom stereocenters. The van der Waals surface area contributed by atoms with E-state index in [0.717, 1.165) is 13.0 Å². The number of rotatable bonds is 6. The summed E-state index contributed by atoms with van der Waals surface area (Å²) < 4.78 is 6.04. The summed E-state index contributed by atoms with van der Waals surface area (Å²) in [7, 11) is 1.01. The van der Waals surface area contributed by atoms with E-state index in [4.69, 9.17) is 9.69 Å². The molecule has 0 N–H and O–H groups in total. The highest BCUT2D eigenvalue weighted by molar-refractivity contribution is 6.48. The van der Waals surface area contributed by atoms with Gasteiger partial charge in [-0.2, -0.15) is 5.26 Å². The molecule has 4 heteroatoms. The maximum atomic E-state index is 8.60. The molecule has 0 saturated carbocycles. The van der Waals surface area contributed by atoms with Gasteiger partial charge in [-0.15, -0.1) is 0 Å². The second-order valence-corrected chi connectivity index (χ2v) is 8.16. The molecule has 0 aliphatic rings. The Morgan fingerprint density at radius 3 is 2.31 bits per heavy atom. The lowest BCUT2D eigenvalue weighted by Gasteiger charge is -2.34. The summed E-state index contributed by atoms with van der Waals surface area (Å²) in [6.45, 7) is 11.8. The van der Waals surface area contributed by atoms with Crippen molar-refractivity contribution in [1.82, 2.24) is 4.90 Å². The molecule has 16 heavy (non-hydrogen) atoms. The lowest BCUT2D eigenvalue weighted by molar-refractivity contribution is 0.0131. The molecule has 0 saturated heterocycles. The van der Waals surface area contributed by atoms with Crippen LogP contribution in [0.4, 0.5) is 0 Å². The lowest BCUT2D eigenvalue weighted by atomic mass is 9.91. The van der Waals surface area contributed by atoms with E-state index < -0.39 is 9.04 Å². The van der Waals surface area contributed by atoms with Crippen molar-refractivity contribution in [3.05, 3.63) is 0 Å². The largest absolute Gasteiger partial charge is 0.405 e. The number of hydrogen-bond acceptors (Lipinski definition) is 3. The third-order valence-corrected chi connectivity index (χ3v) is 3.14. The first-order chi connectivity index (χ1) is 7.26. The van der Waals surface area contributed by atoms with Crippen molar-refractivity contribution in [2.24, 2.45) is 5.41 Å². The van der Waals surface area contributed by atoms with E-state index >= 15 is 0 Å². The fourth-order valence-electron chi connectivity index (χ4n) is 1.52. The summed E-state index contributed by atoms with van der Waals surface area (Å²) in [5.41, 5.74) is 0.259. The quantitative estimate of drug-likeness (QED) is 0.530. The van der Waals surface area contributed by atoms with Crippen LogP contribution in [0.1, 0.15) is 33.6 Å². The minimum atomic E-state index is -1.03. The molecule has 0 heterocycles. The van der Waals surface area contributed by atoms with Crippen LogP contribution in [0.3, 0.4) is 0 Å². The molecule has 0 aliphatic heterocycles. The second-order valence-electron chi connectivity index (χ2n) is 5.79. The normalized spacial score (nSPS) is 14.2. The molecule has 0 aromatic carbocycles. The minimum absolute atomic E-state index is 0.167. The first-order valence-corrected chi connectivity index (χ1v) is 8.77. The van der Waals surface area contributed by atoms with Gasteiger partial charge in [0, 0.05) is 13.0 Å². The molecule has 0 aromatic heterocycles. The van der Waals surface area contributed by atoms with E-state index in [-0.39, 0.29) is 11.6 Å². The smallest absolute Gasteiger partial charge is 0.173 e. The Kier molecular flexibility index (Phi) is 6.89. The van der Waals surface area contributed by atoms with Gasteiger partial charge in [0.05, 0.1) is 12.3 Å². The van der Waals surface area contributed by atoms with Crippen LogP contribution in [0.25, 0.3) is 0 Å². The zero-order valence-corrected chi connectivity index (χ0v) is 12.7. The monoisotopic (exact) mass is 242 g/mol. The van der Waals surface area contributed by atoms with Gasteiger partial charge in [-0.1, -0.05) is 20.8 Å². The Morgan fingerprint density at radius 2 is 1.94 bits per heavy atom. The summed E-state index contributed by atoms with van der Waals surface area (Å²) in [5, 5.41) is 8.60. The van der Waals surface area contributed by atoms with Gasteiger partial charge in [0.15, 0.2) is 9.04 Å². The Bertz CT molecular complexity index is 230. The van der Waals surface area contributed by atoms with Crippen molar-refractivity contribution in [3.63, 3.8) is 0 Å². The van der Waals surface area contributed by atoms with E-state index in [9.17, 15) is 0 Å². The molecule has 0 amide bonds. The molecular weight excluding hydrogens is 216 g/mol. The van der Waals surface area contributed by atoms with Gasteiger partial charge < -0.3 is 4.43 Å². The molecule has 3 nitrogen and oxygen atoms in total. The summed E-state index contributed by atoms with van der Waals surface area (Å²) >= 11 is 0. The van der Waals surface area contributed by atoms with Crippen molar-refractivity contribution >= 4 is 9.04 Å². The van der Waals surface area contributed by atoms with Crippen LogP contribution in [0.5, 0.6) is 0 Å². The summed E-state index contributed by atoms with van der Waals surface area (Å²) in [6.07, 6.45) is 1.75. The summed E-state index contributed by atoms with van der Waals surface area (Å²) in [6, 6.07) is 2.18. The molecule has 1 atom stereocenters. The molecule has 0 radical (unpaired) electrons. The van der Waals surface area contributed by atoms with Gasteiger partial charge >= 0.3 is 0 Å². The Morgan fingerprint density at radius 1 is 1.38 bits per heavy atom. The zero-order chi connectivity index (χ0) is 12.8. The van der Waals surface area contributed by atoms with Gasteiger partial charge in [0.1, 0.15) is 0 Å². The van der Waals surface area contributed by atoms with Crippen LogP contribution in [0.2, 0.25) is 13.1 Å². The lowest BCUT2D eigenvalue weighted by Crippen LogP contribution is -2.40. The zero-order valence-electron chi connectivity index (χ0n) is 11.6. The summed E-state index contributed by atoms with van der Waals surface area (Å²) in [5.74, 6) is 0. The van der Waals surface area contributed by atoms with Gasteiger partial charge in [-0.05, 0) is 32.0 Å². The van der Waals surface area contributed by atoms with Gasteiger partial charge in [-0.3, -0.25) is 4.90 Å². The second kappa shape index (κ2) is 7.05. The Balaban J connectivity index is 4.36. The maximum Gasteiger partial charge on any atom is 0.173 e. The highest BCUT2D eigenvalue weighted by Gasteiger charge is 2.23. The highest BCUT2D eigenvalue weighted by atomic mass is 28.3. The van der Waals surface area contributed by atoms with Crippen LogP contribution >= 0.6 is 0 Å². The van der Waals surface area contributed by atoms with Crippen molar-refractivity contribution in [2.75, 3.05) is 13.6 Å². The topological polar surface area (TPSA) is 36.3 Å². The molecule has 0 spiro atoms. The molecule has 0 bridgehead atoms. The van der Waals surface area contributed by atoms with Crippen LogP contribution < -0.4 is 0 Å². The third-order valence-electron chi connectivity index (χ3n) is 2.28. The van der Waals surface area contributed by atoms with Gasteiger partial charge in [0.2, 0.25) is 0 Å². The van der Waals surface area contributed by atoms with Crippen LogP contribution in [-0.4, -0.2) is 33.8 Å². The third kappa shape index (κ3) is 7.86. The fourth-order valence-corrected chi connectivity index (χ4v) is 2.45. The van der Waals surface area contributed by atoms with Crippen molar-refractivity contribution in [3.8, 4) is 6.07 Å². The van der Waals surface area contributed by atoms with Crippen LogP contribution in [0.15, 0.2) is 0 Å². The molecule has 0 aliphatic carbocycles. The predicted octanol–water partition coefficient (Wildman–Crippen LogP) is 2.59. The molecular formula is C12H26N2OSi. The predicted molar refractivity (Wildman–Crippen MR) is 70.7 cm³/mol. The number of nitrogens with zero attached hydrogens (tertiary/aromatic N) is 2. The van der Waals surface area contributed by atoms with E-state index in [1.807, 2.05) is 7.05 Å². The Hall–Kier alpha value is -0.373. The minimum Gasteiger partial charge on any atom is -0.405 e. The first-order valence-electron chi connectivity index (χ1n) is 5.99. The van der Waals surface area contributed by atoms with Crippen LogP contribution in [0, 0.1) is 16.7 Å². The maximum absolute atomic E-state index is 8.60. The molecule has 94 valence electrons. The standard InChI is InChI=1S/C12H26N2OSi/c1-12(2,3)10-11(15-16(5)6)14(4)9-7-8-13/h11,16H,7,9-10H2,1-6H3. The Labute approximate surface area is 102 Å². The number of nitriles is 1. The number of hydrogen-bond donors (Lipinski definition) is 0. The van der Waals surface area contributed by atoms with E-state index in [0.29, 0.717) is 6.42 Å². The average Bonchev–Trinajstić information content (AvgIpc) is 2.10. The fraction of sp³-hybridized carbons (Fsp3) is 0.917. The van der Waals surface area contributed by atoms with E-state index in [1.165, 1.54) is 0 Å². The SMILES string of the molecule is CN(CCC#N)C(CC(C)(C)C)O[SiH](C)C. The average molecular weight is 242 g/mol. The first kappa shape index (κ1) is 15.6. The van der Waals surface area contributed by atoms with Crippen molar-refractivity contribution < 1.29 is 4.43 Å². The van der Waals surface area contributed by atoms with Crippen molar-refractivity contribution in [1.29, 1.82) is 5.26 Å². The molecule has 0 fully saturated rings. The van der Waals surface area contributed by atoms with Crippen molar-refractivity contribution in [2.45, 2.75) is 52.9 Å². The summed E-state index contributed by atoms with van der Waals surface area (Å²) in [4.78, 5) is 2.17. The van der Waals surface area contributed by atoms with Gasteiger partial charge in [0.25, 0.3) is 0 Å². The van der Waals surface area contributed by atoms with E-state index in [1.54, 1.807) is 0 Å². The molecule has 0 rings (SSSR count). The van der Waals surface area contributed by atoms with E-state index in [2.05, 4.69) is 44.8 Å². The highest BCUT2D eigenvalue weighted by Crippen LogP contribution is 2.24. The van der Waals surface area contributed by atoms with Crippen LogP contribution in [-0.2, 0) is 4.43 Å².